The third-order valence-corrected chi connectivity index (χ3v) is 2.76. The van der Waals surface area contributed by atoms with Crippen LogP contribution in [-0.2, 0) is 0 Å². The van der Waals surface area contributed by atoms with Gasteiger partial charge in [-0.25, -0.2) is 0 Å². The highest BCUT2D eigenvalue weighted by Gasteiger charge is 2.31. The summed E-state index contributed by atoms with van der Waals surface area (Å²) in [7, 11) is 0. The molecule has 0 amide bonds. The Bertz CT molecular complexity index is 612. The van der Waals surface area contributed by atoms with Gasteiger partial charge in [-0.3, -0.25) is 0 Å². The van der Waals surface area contributed by atoms with Gasteiger partial charge in [0, 0.05) is 6.07 Å². The molecule has 0 spiro atoms. The predicted molar refractivity (Wildman–Crippen MR) is 76.2 cm³/mol. The number of nitrogens with two attached hydrogens (primary N) is 1. The molecule has 1 atom stereocenters. The first-order chi connectivity index (χ1) is 9.74. The first-order valence-electron chi connectivity index (χ1n) is 5.89. The van der Waals surface area contributed by atoms with E-state index < -0.39 is 12.4 Å². The summed E-state index contributed by atoms with van der Waals surface area (Å²) in [5, 5.41) is 18.8. The summed E-state index contributed by atoms with van der Waals surface area (Å²) >= 11 is 0. The fraction of sp³-hybridized carbons (Fsp3) is 0.143. The summed E-state index contributed by atoms with van der Waals surface area (Å²) in [6.45, 7) is 0. The highest BCUT2D eigenvalue weighted by Crippen LogP contribution is 2.29. The van der Waals surface area contributed by atoms with E-state index in [1.54, 1.807) is 0 Å². The first kappa shape index (κ1) is 17.9. The van der Waals surface area contributed by atoms with Gasteiger partial charge in [0.15, 0.2) is 0 Å². The molecule has 0 saturated carbocycles. The van der Waals surface area contributed by atoms with Crippen molar-refractivity contribution >= 4 is 12.4 Å². The molecular weight excluding hydrogens is 323 g/mol. The van der Waals surface area contributed by atoms with Gasteiger partial charge >= 0.3 is 6.36 Å². The summed E-state index contributed by atoms with van der Waals surface area (Å²) < 4.78 is 39.9. The molecular formula is C14H13ClF3NO3. The number of benzene rings is 2. The zero-order valence-electron chi connectivity index (χ0n) is 11.0. The Labute approximate surface area is 130 Å². The van der Waals surface area contributed by atoms with E-state index in [2.05, 4.69) is 4.74 Å². The monoisotopic (exact) mass is 335 g/mol. The van der Waals surface area contributed by atoms with E-state index in [9.17, 15) is 23.4 Å². The molecule has 0 fully saturated rings. The van der Waals surface area contributed by atoms with Crippen molar-refractivity contribution in [1.29, 1.82) is 0 Å². The molecule has 0 aromatic heterocycles. The van der Waals surface area contributed by atoms with Gasteiger partial charge in [0.25, 0.3) is 0 Å². The summed E-state index contributed by atoms with van der Waals surface area (Å²) in [6.07, 6.45) is -4.75. The molecule has 22 heavy (non-hydrogen) atoms. The summed E-state index contributed by atoms with van der Waals surface area (Å²) in [5.41, 5.74) is 6.88. The average Bonchev–Trinajstić information content (AvgIpc) is 2.35. The molecule has 4 N–H and O–H groups in total. The fourth-order valence-electron chi connectivity index (χ4n) is 1.87. The molecule has 4 nitrogen and oxygen atoms in total. The quantitative estimate of drug-likeness (QED) is 0.803. The van der Waals surface area contributed by atoms with Gasteiger partial charge in [-0.15, -0.1) is 25.6 Å². The zero-order valence-corrected chi connectivity index (χ0v) is 11.9. The number of ether oxygens (including phenoxy) is 1. The second kappa shape index (κ2) is 6.76. The molecule has 0 radical (unpaired) electrons. The second-order valence-electron chi connectivity index (χ2n) is 4.38. The van der Waals surface area contributed by atoms with E-state index in [-0.39, 0.29) is 29.7 Å². The smallest absolute Gasteiger partial charge is 0.508 e. The van der Waals surface area contributed by atoms with Crippen LogP contribution in [0.2, 0.25) is 0 Å². The van der Waals surface area contributed by atoms with Gasteiger partial charge in [0.1, 0.15) is 17.2 Å². The number of aromatic hydroxyl groups is 2. The van der Waals surface area contributed by atoms with E-state index in [0.717, 1.165) is 18.2 Å². The van der Waals surface area contributed by atoms with E-state index >= 15 is 0 Å². The maximum absolute atomic E-state index is 12.1. The van der Waals surface area contributed by atoms with Crippen molar-refractivity contribution in [2.75, 3.05) is 0 Å². The Morgan fingerprint density at radius 1 is 0.909 bits per heavy atom. The molecule has 0 aliphatic rings. The first-order valence-corrected chi connectivity index (χ1v) is 5.89. The van der Waals surface area contributed by atoms with Gasteiger partial charge in [-0.1, -0.05) is 12.1 Å². The van der Waals surface area contributed by atoms with Gasteiger partial charge in [0.2, 0.25) is 0 Å². The molecule has 0 bridgehead atoms. The van der Waals surface area contributed by atoms with E-state index in [4.69, 9.17) is 5.73 Å². The average molecular weight is 336 g/mol. The van der Waals surface area contributed by atoms with Crippen LogP contribution in [0.3, 0.4) is 0 Å². The third-order valence-electron chi connectivity index (χ3n) is 2.76. The molecule has 2 aromatic rings. The molecule has 0 saturated heterocycles. The van der Waals surface area contributed by atoms with E-state index in [1.807, 2.05) is 0 Å². The lowest BCUT2D eigenvalue weighted by atomic mass is 9.99. The fourth-order valence-corrected chi connectivity index (χ4v) is 1.87. The Hall–Kier alpha value is -2.12. The molecule has 8 heteroatoms. The number of rotatable bonds is 3. The van der Waals surface area contributed by atoms with Crippen LogP contribution in [0.1, 0.15) is 17.2 Å². The lowest BCUT2D eigenvalue weighted by molar-refractivity contribution is -0.274. The third kappa shape index (κ3) is 4.71. The van der Waals surface area contributed by atoms with Gasteiger partial charge in [0.05, 0.1) is 6.04 Å². The highest BCUT2D eigenvalue weighted by molar-refractivity contribution is 5.85. The van der Waals surface area contributed by atoms with Crippen LogP contribution >= 0.6 is 12.4 Å². The van der Waals surface area contributed by atoms with Crippen LogP contribution in [0.5, 0.6) is 17.2 Å². The van der Waals surface area contributed by atoms with Crippen molar-refractivity contribution in [2.45, 2.75) is 12.4 Å². The minimum Gasteiger partial charge on any atom is -0.508 e. The SMILES string of the molecule is Cl.N[C@H](c1ccc(OC(F)(F)F)cc1)c1cc(O)cc(O)c1. The van der Waals surface area contributed by atoms with Crippen molar-refractivity contribution in [1.82, 2.24) is 0 Å². The van der Waals surface area contributed by atoms with Crippen LogP contribution in [-0.4, -0.2) is 16.6 Å². The van der Waals surface area contributed by atoms with Crippen molar-refractivity contribution in [3.8, 4) is 17.2 Å². The van der Waals surface area contributed by atoms with Crippen molar-refractivity contribution < 1.29 is 28.1 Å². The number of hydrogen-bond acceptors (Lipinski definition) is 4. The number of phenols is 2. The van der Waals surface area contributed by atoms with Gasteiger partial charge < -0.3 is 20.7 Å². The Morgan fingerprint density at radius 2 is 1.41 bits per heavy atom. The Balaban J connectivity index is 0.00000242. The molecule has 2 aromatic carbocycles. The molecule has 0 unspecified atom stereocenters. The van der Waals surface area contributed by atoms with E-state index in [0.29, 0.717) is 11.1 Å². The van der Waals surface area contributed by atoms with Crippen molar-refractivity contribution in [2.24, 2.45) is 5.73 Å². The van der Waals surface area contributed by atoms with Crippen LogP contribution in [0, 0.1) is 0 Å². The summed E-state index contributed by atoms with van der Waals surface area (Å²) in [4.78, 5) is 0. The Morgan fingerprint density at radius 3 is 1.86 bits per heavy atom. The minimum atomic E-state index is -4.75. The van der Waals surface area contributed by atoms with Crippen LogP contribution < -0.4 is 10.5 Å². The topological polar surface area (TPSA) is 75.7 Å². The van der Waals surface area contributed by atoms with Crippen LogP contribution in [0.25, 0.3) is 0 Å². The van der Waals surface area contributed by atoms with Gasteiger partial charge in [-0.05, 0) is 35.4 Å². The molecule has 0 aliphatic carbocycles. The van der Waals surface area contributed by atoms with Crippen molar-refractivity contribution in [3.05, 3.63) is 53.6 Å². The number of alkyl halides is 3. The lowest BCUT2D eigenvalue weighted by Crippen LogP contribution is -2.17. The lowest BCUT2D eigenvalue weighted by Gasteiger charge is -2.14. The van der Waals surface area contributed by atoms with Crippen molar-refractivity contribution in [3.63, 3.8) is 0 Å². The number of halogens is 4. The normalized spacial score (nSPS) is 12.4. The van der Waals surface area contributed by atoms with Crippen LogP contribution in [0.15, 0.2) is 42.5 Å². The largest absolute Gasteiger partial charge is 0.573 e. The summed E-state index contributed by atoms with van der Waals surface area (Å²) in [6, 6.07) is 8.23. The highest BCUT2D eigenvalue weighted by atomic mass is 35.5. The van der Waals surface area contributed by atoms with Gasteiger partial charge in [-0.2, -0.15) is 0 Å². The molecule has 0 aliphatic heterocycles. The maximum Gasteiger partial charge on any atom is 0.573 e. The number of phenolic OH excluding ortho intramolecular Hbond substituents is 2. The molecule has 0 heterocycles. The molecule has 2 rings (SSSR count). The minimum absolute atomic E-state index is 0. The second-order valence-corrected chi connectivity index (χ2v) is 4.38. The van der Waals surface area contributed by atoms with E-state index in [1.165, 1.54) is 24.3 Å². The maximum atomic E-state index is 12.1. The zero-order chi connectivity index (χ0) is 15.6. The van der Waals surface area contributed by atoms with Crippen LogP contribution in [0.4, 0.5) is 13.2 Å². The number of hydrogen-bond donors (Lipinski definition) is 3. The predicted octanol–water partition coefficient (Wildman–Crippen LogP) is 3.47. The molecule has 120 valence electrons. The Kier molecular flexibility index (Phi) is 5.51. The standard InChI is InChI=1S/C14H12F3NO3.ClH/c15-14(16,17)21-12-3-1-8(2-4-12)13(18)9-5-10(19)7-11(20)6-9;/h1-7,13,19-20H,18H2;1H/t13-;/m1./s1. The summed E-state index contributed by atoms with van der Waals surface area (Å²) in [5.74, 6) is -0.660.